The zero-order chi connectivity index (χ0) is 17.2. The van der Waals surface area contributed by atoms with Gasteiger partial charge in [-0.25, -0.2) is 0 Å². The summed E-state index contributed by atoms with van der Waals surface area (Å²) in [7, 11) is 0. The van der Waals surface area contributed by atoms with Crippen molar-refractivity contribution in [3.63, 3.8) is 0 Å². The number of carbonyl (C=O) groups is 2. The molecule has 1 fully saturated rings. The topological polar surface area (TPSA) is 58.6 Å². The highest BCUT2D eigenvalue weighted by Crippen LogP contribution is 2.32. The number of hydrogen-bond donors (Lipinski definition) is 1. The first kappa shape index (κ1) is 16.1. The molecule has 4 rings (SSSR count). The standard InChI is InChI=1S/C19H20N2O3S/c22-18(20-14-9-11-24-16-7-2-1-5-13(14)16)15-6-3-10-21(15)19(23)17-8-4-12-25-17/h1-2,4-5,7-8,12,14-15H,3,6,9-11H2,(H,20,22)/t14-,15-/m0/s1. The zero-order valence-electron chi connectivity index (χ0n) is 13.8. The minimum Gasteiger partial charge on any atom is -0.493 e. The van der Waals surface area contributed by atoms with Crippen LogP contribution in [0.4, 0.5) is 0 Å². The van der Waals surface area contributed by atoms with Crippen LogP contribution in [0.1, 0.15) is 40.5 Å². The Labute approximate surface area is 150 Å². The van der Waals surface area contributed by atoms with E-state index in [-0.39, 0.29) is 23.9 Å². The highest BCUT2D eigenvalue weighted by molar-refractivity contribution is 7.12. The molecular formula is C19H20N2O3S. The van der Waals surface area contributed by atoms with Crippen LogP contribution >= 0.6 is 11.3 Å². The van der Waals surface area contributed by atoms with Gasteiger partial charge in [-0.1, -0.05) is 24.3 Å². The predicted molar refractivity (Wildman–Crippen MR) is 95.8 cm³/mol. The summed E-state index contributed by atoms with van der Waals surface area (Å²) in [6.07, 6.45) is 2.32. The van der Waals surface area contributed by atoms with Gasteiger partial charge in [-0.2, -0.15) is 0 Å². The van der Waals surface area contributed by atoms with Gasteiger partial charge in [0.25, 0.3) is 5.91 Å². The Morgan fingerprint density at radius 3 is 2.88 bits per heavy atom. The van der Waals surface area contributed by atoms with Crippen molar-refractivity contribution in [2.45, 2.75) is 31.3 Å². The first-order valence-electron chi connectivity index (χ1n) is 8.60. The second kappa shape index (κ2) is 6.88. The SMILES string of the molecule is O=C(N[C@H]1CCOc2ccccc21)[C@@H]1CCCN1C(=O)c1cccs1. The van der Waals surface area contributed by atoms with Crippen molar-refractivity contribution in [2.75, 3.05) is 13.2 Å². The van der Waals surface area contributed by atoms with E-state index in [0.29, 0.717) is 24.4 Å². The van der Waals surface area contributed by atoms with Crippen LogP contribution in [0.15, 0.2) is 41.8 Å². The number of para-hydroxylation sites is 1. The van der Waals surface area contributed by atoms with E-state index in [9.17, 15) is 9.59 Å². The van der Waals surface area contributed by atoms with Crippen molar-refractivity contribution >= 4 is 23.2 Å². The molecule has 2 amide bonds. The number of likely N-dealkylation sites (tertiary alicyclic amines) is 1. The van der Waals surface area contributed by atoms with Crippen LogP contribution in [0.3, 0.4) is 0 Å². The van der Waals surface area contributed by atoms with E-state index in [1.807, 2.05) is 41.8 Å². The molecule has 1 N–H and O–H groups in total. The zero-order valence-corrected chi connectivity index (χ0v) is 14.6. The van der Waals surface area contributed by atoms with Crippen LogP contribution in [0.5, 0.6) is 5.75 Å². The Morgan fingerprint density at radius 1 is 1.16 bits per heavy atom. The molecule has 0 aliphatic carbocycles. The molecule has 2 aromatic rings. The maximum absolute atomic E-state index is 12.9. The maximum atomic E-state index is 12.9. The van der Waals surface area contributed by atoms with Gasteiger partial charge >= 0.3 is 0 Å². The average molecular weight is 356 g/mol. The van der Waals surface area contributed by atoms with Crippen molar-refractivity contribution in [1.29, 1.82) is 0 Å². The summed E-state index contributed by atoms with van der Waals surface area (Å²) in [4.78, 5) is 27.9. The Bertz CT molecular complexity index is 775. The molecule has 3 heterocycles. The average Bonchev–Trinajstić information content (AvgIpc) is 3.33. The summed E-state index contributed by atoms with van der Waals surface area (Å²) in [6.45, 7) is 1.23. The number of fused-ring (bicyclic) bond motifs is 1. The molecule has 2 aliphatic heterocycles. The van der Waals surface area contributed by atoms with Crippen LogP contribution < -0.4 is 10.1 Å². The lowest BCUT2D eigenvalue weighted by molar-refractivity contribution is -0.125. The molecule has 0 spiro atoms. The quantitative estimate of drug-likeness (QED) is 0.920. The molecule has 2 aliphatic rings. The first-order valence-corrected chi connectivity index (χ1v) is 9.48. The Morgan fingerprint density at radius 2 is 2.04 bits per heavy atom. The van der Waals surface area contributed by atoms with E-state index < -0.39 is 0 Å². The molecule has 0 radical (unpaired) electrons. The number of ether oxygens (including phenoxy) is 1. The molecule has 1 aromatic carbocycles. The number of nitrogens with one attached hydrogen (secondary N) is 1. The van der Waals surface area contributed by atoms with E-state index in [2.05, 4.69) is 5.32 Å². The number of benzene rings is 1. The number of rotatable bonds is 3. The largest absolute Gasteiger partial charge is 0.493 e. The van der Waals surface area contributed by atoms with Crippen molar-refractivity contribution in [3.05, 3.63) is 52.2 Å². The fourth-order valence-electron chi connectivity index (χ4n) is 3.58. The van der Waals surface area contributed by atoms with Gasteiger partial charge < -0.3 is 15.0 Å². The normalized spacial score (nSPS) is 22.2. The minimum atomic E-state index is -0.385. The van der Waals surface area contributed by atoms with Gasteiger partial charge in [0.1, 0.15) is 11.8 Å². The van der Waals surface area contributed by atoms with Crippen LogP contribution in [-0.4, -0.2) is 35.9 Å². The molecule has 2 atom stereocenters. The van der Waals surface area contributed by atoms with Gasteiger partial charge in [-0.3, -0.25) is 9.59 Å². The lowest BCUT2D eigenvalue weighted by Crippen LogP contribution is -2.47. The molecule has 0 saturated carbocycles. The van der Waals surface area contributed by atoms with E-state index in [0.717, 1.165) is 24.2 Å². The minimum absolute atomic E-state index is 0.0416. The van der Waals surface area contributed by atoms with E-state index in [1.54, 1.807) is 4.90 Å². The van der Waals surface area contributed by atoms with Crippen LogP contribution in [-0.2, 0) is 4.79 Å². The lowest BCUT2D eigenvalue weighted by atomic mass is 10.00. The third-order valence-corrected chi connectivity index (χ3v) is 5.68. The molecule has 6 heteroatoms. The third kappa shape index (κ3) is 3.14. The van der Waals surface area contributed by atoms with Crippen molar-refractivity contribution < 1.29 is 14.3 Å². The second-order valence-electron chi connectivity index (χ2n) is 6.37. The number of amides is 2. The van der Waals surface area contributed by atoms with Crippen molar-refractivity contribution in [3.8, 4) is 5.75 Å². The van der Waals surface area contributed by atoms with Gasteiger partial charge in [0.2, 0.25) is 5.91 Å². The third-order valence-electron chi connectivity index (χ3n) is 4.82. The molecule has 25 heavy (non-hydrogen) atoms. The summed E-state index contributed by atoms with van der Waals surface area (Å²) in [5, 5.41) is 5.02. The molecule has 0 unspecified atom stereocenters. The molecule has 5 nitrogen and oxygen atoms in total. The molecular weight excluding hydrogens is 336 g/mol. The van der Waals surface area contributed by atoms with Gasteiger partial charge in [0, 0.05) is 18.5 Å². The number of thiophene rings is 1. The van der Waals surface area contributed by atoms with Gasteiger partial charge in [-0.15, -0.1) is 11.3 Å². The molecule has 1 aromatic heterocycles. The van der Waals surface area contributed by atoms with Gasteiger partial charge in [0.05, 0.1) is 17.5 Å². The summed E-state index contributed by atoms with van der Waals surface area (Å²) in [5.41, 5.74) is 1.01. The lowest BCUT2D eigenvalue weighted by Gasteiger charge is -2.29. The summed E-state index contributed by atoms with van der Waals surface area (Å²) in [6, 6.07) is 11.0. The Kier molecular flexibility index (Phi) is 4.44. The van der Waals surface area contributed by atoms with E-state index in [4.69, 9.17) is 4.74 Å². The van der Waals surface area contributed by atoms with Crippen molar-refractivity contribution in [1.82, 2.24) is 10.2 Å². The highest BCUT2D eigenvalue weighted by Gasteiger charge is 2.36. The highest BCUT2D eigenvalue weighted by atomic mass is 32.1. The maximum Gasteiger partial charge on any atom is 0.264 e. The fourth-order valence-corrected chi connectivity index (χ4v) is 4.26. The number of hydrogen-bond acceptors (Lipinski definition) is 4. The monoisotopic (exact) mass is 356 g/mol. The van der Waals surface area contributed by atoms with Crippen LogP contribution in [0.25, 0.3) is 0 Å². The predicted octanol–water partition coefficient (Wildman–Crippen LogP) is 2.99. The molecule has 130 valence electrons. The fraction of sp³-hybridized carbons (Fsp3) is 0.368. The second-order valence-corrected chi connectivity index (χ2v) is 7.32. The summed E-state index contributed by atoms with van der Waals surface area (Å²) < 4.78 is 5.65. The van der Waals surface area contributed by atoms with E-state index >= 15 is 0 Å². The molecule has 1 saturated heterocycles. The van der Waals surface area contributed by atoms with Crippen LogP contribution in [0.2, 0.25) is 0 Å². The van der Waals surface area contributed by atoms with Gasteiger partial charge in [-0.05, 0) is 30.4 Å². The van der Waals surface area contributed by atoms with Crippen LogP contribution in [0, 0.1) is 0 Å². The molecule has 0 bridgehead atoms. The van der Waals surface area contributed by atoms with Crippen molar-refractivity contribution in [2.24, 2.45) is 0 Å². The smallest absolute Gasteiger partial charge is 0.264 e. The number of nitrogens with zero attached hydrogens (tertiary/aromatic N) is 1. The summed E-state index contributed by atoms with van der Waals surface area (Å²) >= 11 is 1.42. The van der Waals surface area contributed by atoms with E-state index in [1.165, 1.54) is 11.3 Å². The Balaban J connectivity index is 1.49. The Hall–Kier alpha value is -2.34. The first-order chi connectivity index (χ1) is 12.2. The summed E-state index contributed by atoms with van der Waals surface area (Å²) in [5.74, 6) is 0.723. The van der Waals surface area contributed by atoms with Gasteiger partial charge in [0.15, 0.2) is 0 Å². The number of carbonyl (C=O) groups excluding carboxylic acids is 2.